The van der Waals surface area contributed by atoms with Crippen molar-refractivity contribution >= 4 is 11.6 Å². The Hall–Kier alpha value is -2.17. The Morgan fingerprint density at radius 3 is 2.33 bits per heavy atom. The summed E-state index contributed by atoms with van der Waals surface area (Å²) in [7, 11) is 1.85. The fourth-order valence-corrected chi connectivity index (χ4v) is 2.14. The van der Waals surface area contributed by atoms with Gasteiger partial charge in [-0.3, -0.25) is 0 Å². The lowest BCUT2D eigenvalue weighted by atomic mass is 10.1. The van der Waals surface area contributed by atoms with Crippen LogP contribution < -0.4 is 10.6 Å². The zero-order chi connectivity index (χ0) is 15.4. The average Bonchev–Trinajstić information content (AvgIpc) is 2.49. The summed E-state index contributed by atoms with van der Waals surface area (Å²) in [6.07, 6.45) is 0.772. The van der Waals surface area contributed by atoms with Gasteiger partial charge in [0.15, 0.2) is 0 Å². The molecule has 2 rings (SSSR count). The molecule has 0 bridgehead atoms. The van der Waals surface area contributed by atoms with Crippen molar-refractivity contribution in [3.05, 3.63) is 47.0 Å². The molecule has 0 radical (unpaired) electrons. The van der Waals surface area contributed by atoms with Crippen LogP contribution in [0.25, 0.3) is 0 Å². The van der Waals surface area contributed by atoms with Crippen molar-refractivity contribution in [2.45, 2.75) is 33.2 Å². The second kappa shape index (κ2) is 6.52. The Labute approximate surface area is 124 Å². The molecule has 21 heavy (non-hydrogen) atoms. The third kappa shape index (κ3) is 3.48. The second-order valence-corrected chi connectivity index (χ2v) is 4.98. The lowest BCUT2D eigenvalue weighted by Gasteiger charge is -2.18. The first-order valence-corrected chi connectivity index (χ1v) is 7.12. The number of aryl methyl sites for hydroxylation is 1. The fourth-order valence-electron chi connectivity index (χ4n) is 2.14. The fraction of sp³-hybridized carbons (Fsp3) is 0.375. The van der Waals surface area contributed by atoms with Crippen LogP contribution in [0.15, 0.2) is 24.3 Å². The Morgan fingerprint density at radius 1 is 1.14 bits per heavy atom. The highest BCUT2D eigenvalue weighted by Gasteiger charge is 2.12. The maximum absolute atomic E-state index is 13.0. The molecule has 0 aliphatic carbocycles. The second-order valence-electron chi connectivity index (χ2n) is 4.98. The number of hydrogen-bond donors (Lipinski definition) is 2. The summed E-state index contributed by atoms with van der Waals surface area (Å²) in [6.45, 7) is 6.03. The van der Waals surface area contributed by atoms with Gasteiger partial charge in [-0.1, -0.05) is 19.1 Å². The van der Waals surface area contributed by atoms with Gasteiger partial charge in [-0.05, 0) is 31.5 Å². The van der Waals surface area contributed by atoms with Crippen molar-refractivity contribution in [3.8, 4) is 0 Å². The van der Waals surface area contributed by atoms with Crippen LogP contribution in [0.3, 0.4) is 0 Å². The highest BCUT2D eigenvalue weighted by atomic mass is 19.1. The molecule has 0 amide bonds. The maximum Gasteiger partial charge on any atom is 0.135 e. The van der Waals surface area contributed by atoms with Gasteiger partial charge in [-0.15, -0.1) is 0 Å². The predicted molar refractivity (Wildman–Crippen MR) is 84.1 cm³/mol. The van der Waals surface area contributed by atoms with E-state index in [2.05, 4.69) is 20.6 Å². The van der Waals surface area contributed by atoms with Crippen molar-refractivity contribution in [3.63, 3.8) is 0 Å². The largest absolute Gasteiger partial charge is 0.373 e. The summed E-state index contributed by atoms with van der Waals surface area (Å²) in [4.78, 5) is 9.00. The van der Waals surface area contributed by atoms with Gasteiger partial charge in [0.2, 0.25) is 0 Å². The number of halogens is 1. The third-order valence-corrected chi connectivity index (χ3v) is 3.47. The molecule has 0 aliphatic rings. The molecule has 1 heterocycles. The average molecular weight is 288 g/mol. The number of nitrogens with zero attached hydrogens (tertiary/aromatic N) is 2. The molecule has 1 aromatic heterocycles. The van der Waals surface area contributed by atoms with Crippen molar-refractivity contribution in [2.75, 3.05) is 17.7 Å². The first kappa shape index (κ1) is 15.2. The number of nitrogens with one attached hydrogen (secondary N) is 2. The molecule has 1 atom stereocenters. The van der Waals surface area contributed by atoms with Crippen molar-refractivity contribution in [2.24, 2.45) is 0 Å². The Balaban J connectivity index is 2.27. The molecule has 1 aromatic carbocycles. The summed E-state index contributed by atoms with van der Waals surface area (Å²) < 4.78 is 13.0. The van der Waals surface area contributed by atoms with Gasteiger partial charge in [0.25, 0.3) is 0 Å². The zero-order valence-corrected chi connectivity index (χ0v) is 12.9. The Morgan fingerprint density at radius 2 is 1.76 bits per heavy atom. The summed E-state index contributed by atoms with van der Waals surface area (Å²) in [5, 5.41) is 6.47. The summed E-state index contributed by atoms with van der Waals surface area (Å²) in [5.41, 5.74) is 1.99. The Bertz CT molecular complexity index is 610. The van der Waals surface area contributed by atoms with E-state index in [1.807, 2.05) is 27.8 Å². The van der Waals surface area contributed by atoms with E-state index < -0.39 is 0 Å². The van der Waals surface area contributed by atoms with Crippen LogP contribution in [0.4, 0.5) is 16.0 Å². The van der Waals surface area contributed by atoms with Crippen LogP contribution in [0.1, 0.15) is 36.8 Å². The van der Waals surface area contributed by atoms with Crippen LogP contribution in [-0.4, -0.2) is 17.0 Å². The van der Waals surface area contributed by atoms with Crippen molar-refractivity contribution < 1.29 is 4.39 Å². The minimum absolute atomic E-state index is 0.0358. The number of aromatic nitrogens is 2. The Kier molecular flexibility index (Phi) is 4.73. The van der Waals surface area contributed by atoms with Crippen LogP contribution >= 0.6 is 0 Å². The highest BCUT2D eigenvalue weighted by molar-refractivity contribution is 5.57. The summed E-state index contributed by atoms with van der Waals surface area (Å²) >= 11 is 0. The van der Waals surface area contributed by atoms with Crippen LogP contribution in [-0.2, 0) is 6.42 Å². The molecule has 1 unspecified atom stereocenters. The van der Waals surface area contributed by atoms with E-state index in [9.17, 15) is 4.39 Å². The van der Waals surface area contributed by atoms with Gasteiger partial charge in [-0.2, -0.15) is 0 Å². The lowest BCUT2D eigenvalue weighted by molar-refractivity contribution is 0.626. The van der Waals surface area contributed by atoms with Gasteiger partial charge in [0.05, 0.1) is 0 Å². The maximum atomic E-state index is 13.0. The molecular formula is C16H21FN4. The van der Waals surface area contributed by atoms with Crippen molar-refractivity contribution in [1.82, 2.24) is 9.97 Å². The number of rotatable bonds is 5. The molecule has 0 aliphatic heterocycles. The molecule has 2 N–H and O–H groups in total. The molecule has 0 spiro atoms. The minimum atomic E-state index is -0.227. The smallest absolute Gasteiger partial charge is 0.135 e. The SMILES string of the molecule is CCc1nc(NC)c(C)c(NC(C)c2ccc(F)cc2)n1. The van der Waals surface area contributed by atoms with E-state index in [0.717, 1.165) is 35.0 Å². The molecule has 0 saturated heterocycles. The quantitative estimate of drug-likeness (QED) is 0.880. The molecule has 0 fully saturated rings. The van der Waals surface area contributed by atoms with Crippen LogP contribution in [0.2, 0.25) is 0 Å². The minimum Gasteiger partial charge on any atom is -0.373 e. The highest BCUT2D eigenvalue weighted by Crippen LogP contribution is 2.24. The van der Waals surface area contributed by atoms with Gasteiger partial charge in [0, 0.05) is 25.1 Å². The van der Waals surface area contributed by atoms with E-state index in [-0.39, 0.29) is 11.9 Å². The predicted octanol–water partition coefficient (Wildman–Crippen LogP) is 3.70. The van der Waals surface area contributed by atoms with Crippen LogP contribution in [0, 0.1) is 12.7 Å². The molecular weight excluding hydrogens is 267 g/mol. The monoisotopic (exact) mass is 288 g/mol. The van der Waals surface area contributed by atoms with Gasteiger partial charge in [-0.25, -0.2) is 14.4 Å². The first-order chi connectivity index (χ1) is 10.0. The van der Waals surface area contributed by atoms with Crippen LogP contribution in [0.5, 0.6) is 0 Å². The van der Waals surface area contributed by atoms with E-state index >= 15 is 0 Å². The molecule has 0 saturated carbocycles. The van der Waals surface area contributed by atoms with Gasteiger partial charge in [0.1, 0.15) is 23.3 Å². The van der Waals surface area contributed by atoms with Gasteiger partial charge < -0.3 is 10.6 Å². The van der Waals surface area contributed by atoms with E-state index in [1.54, 1.807) is 12.1 Å². The van der Waals surface area contributed by atoms with Crippen molar-refractivity contribution in [1.29, 1.82) is 0 Å². The normalized spacial score (nSPS) is 12.0. The van der Waals surface area contributed by atoms with Gasteiger partial charge >= 0.3 is 0 Å². The summed E-state index contributed by atoms with van der Waals surface area (Å²) in [6, 6.07) is 6.54. The van der Waals surface area contributed by atoms with E-state index in [0.29, 0.717) is 0 Å². The number of benzene rings is 1. The topological polar surface area (TPSA) is 49.8 Å². The third-order valence-electron chi connectivity index (χ3n) is 3.47. The lowest BCUT2D eigenvalue weighted by Crippen LogP contribution is -2.12. The molecule has 2 aromatic rings. The molecule has 112 valence electrons. The first-order valence-electron chi connectivity index (χ1n) is 7.12. The van der Waals surface area contributed by atoms with E-state index in [1.165, 1.54) is 12.1 Å². The molecule has 5 heteroatoms. The van der Waals surface area contributed by atoms with E-state index in [4.69, 9.17) is 0 Å². The summed E-state index contributed by atoms with van der Waals surface area (Å²) in [5.74, 6) is 2.20. The zero-order valence-electron chi connectivity index (χ0n) is 12.9. The number of hydrogen-bond acceptors (Lipinski definition) is 4. The molecule has 4 nitrogen and oxygen atoms in total. The standard InChI is InChI=1S/C16H21FN4/c1-5-14-20-15(18-4)10(2)16(21-14)19-11(3)12-6-8-13(17)9-7-12/h6-9,11H,5H2,1-4H3,(H2,18,19,20,21). The number of anilines is 2.